The molecule has 37 heavy (non-hydrogen) atoms. The van der Waals surface area contributed by atoms with Crippen LogP contribution in [0.15, 0.2) is 41.5 Å². The van der Waals surface area contributed by atoms with Crippen LogP contribution in [-0.2, 0) is 23.4 Å². The van der Waals surface area contributed by atoms with Crippen molar-refractivity contribution < 1.29 is 27.9 Å². The molecule has 4 N–H and O–H groups in total. The van der Waals surface area contributed by atoms with Crippen molar-refractivity contribution in [3.63, 3.8) is 0 Å². The molecule has 0 spiro atoms. The van der Waals surface area contributed by atoms with Crippen molar-refractivity contribution in [1.29, 1.82) is 0 Å². The Bertz CT molecular complexity index is 1340. The molecular formula is C23H31N6O7P. The van der Waals surface area contributed by atoms with Crippen molar-refractivity contribution in [2.45, 2.75) is 58.6 Å². The van der Waals surface area contributed by atoms with Crippen molar-refractivity contribution in [2.75, 3.05) is 12.3 Å². The first-order valence-electron chi connectivity index (χ1n) is 11.9. The number of benzene rings is 1. The number of hydrogen-bond donors (Lipinski definition) is 3. The van der Waals surface area contributed by atoms with Crippen LogP contribution in [0.2, 0.25) is 0 Å². The van der Waals surface area contributed by atoms with Gasteiger partial charge in [-0.1, -0.05) is 25.1 Å². The lowest BCUT2D eigenvalue weighted by atomic mass is 10.1. The largest absolute Gasteiger partial charge is 0.462 e. The highest BCUT2D eigenvalue weighted by Crippen LogP contribution is 2.46. The minimum atomic E-state index is -4.02. The van der Waals surface area contributed by atoms with Crippen molar-refractivity contribution in [2.24, 2.45) is 5.92 Å². The summed E-state index contributed by atoms with van der Waals surface area (Å²) >= 11 is 0. The zero-order valence-corrected chi connectivity index (χ0v) is 21.9. The van der Waals surface area contributed by atoms with Crippen LogP contribution in [0.25, 0.3) is 11.2 Å². The number of anilines is 1. The minimum absolute atomic E-state index is 0.0179. The fraction of sp³-hybridized carbons (Fsp3) is 0.478. The molecule has 1 unspecified atom stereocenters. The number of nitrogens with one attached hydrogen (secondary N) is 2. The van der Waals surface area contributed by atoms with E-state index >= 15 is 0 Å². The van der Waals surface area contributed by atoms with Crippen LogP contribution in [0, 0.1) is 5.92 Å². The van der Waals surface area contributed by atoms with E-state index < -0.39 is 37.6 Å². The lowest BCUT2D eigenvalue weighted by Crippen LogP contribution is -2.36. The number of nitrogens with zero attached hydrogens (tertiary/aromatic N) is 3. The Morgan fingerprint density at radius 1 is 1.32 bits per heavy atom. The molecule has 3 heterocycles. The van der Waals surface area contributed by atoms with Gasteiger partial charge in [-0.05, 0) is 39.3 Å². The van der Waals surface area contributed by atoms with Crippen molar-refractivity contribution in [3.05, 3.63) is 47.0 Å². The summed E-state index contributed by atoms with van der Waals surface area (Å²) in [5.74, 6) is -0.328. The van der Waals surface area contributed by atoms with Gasteiger partial charge in [-0.3, -0.25) is 23.7 Å². The van der Waals surface area contributed by atoms with E-state index in [9.17, 15) is 14.2 Å². The van der Waals surface area contributed by atoms with Gasteiger partial charge in [0.15, 0.2) is 11.2 Å². The first-order chi connectivity index (χ1) is 17.5. The third kappa shape index (κ3) is 6.37. The van der Waals surface area contributed by atoms with E-state index in [2.05, 4.69) is 20.0 Å². The molecular weight excluding hydrogens is 503 g/mol. The molecule has 0 radical (unpaired) electrons. The monoisotopic (exact) mass is 534 g/mol. The molecule has 4 rings (SSSR count). The summed E-state index contributed by atoms with van der Waals surface area (Å²) in [6.45, 7) is 6.84. The minimum Gasteiger partial charge on any atom is -0.462 e. The quantitative estimate of drug-likeness (QED) is 0.258. The number of aromatic amines is 1. The van der Waals surface area contributed by atoms with Crippen LogP contribution >= 0.6 is 7.75 Å². The smallest absolute Gasteiger partial charge is 0.459 e. The van der Waals surface area contributed by atoms with E-state index in [4.69, 9.17) is 24.3 Å². The van der Waals surface area contributed by atoms with E-state index in [0.717, 1.165) is 0 Å². The molecule has 5 atom stereocenters. The van der Waals surface area contributed by atoms with E-state index in [-0.39, 0.29) is 30.1 Å². The maximum absolute atomic E-state index is 13.7. The van der Waals surface area contributed by atoms with Gasteiger partial charge in [0, 0.05) is 5.92 Å². The Labute approximate surface area is 213 Å². The van der Waals surface area contributed by atoms with Crippen LogP contribution in [0.5, 0.6) is 5.75 Å². The van der Waals surface area contributed by atoms with Crippen molar-refractivity contribution >= 4 is 30.8 Å². The van der Waals surface area contributed by atoms with E-state index in [0.29, 0.717) is 17.8 Å². The van der Waals surface area contributed by atoms with E-state index in [1.165, 1.54) is 13.3 Å². The summed E-state index contributed by atoms with van der Waals surface area (Å²) in [5, 5.41) is 2.66. The fourth-order valence-electron chi connectivity index (χ4n) is 4.01. The van der Waals surface area contributed by atoms with Gasteiger partial charge in [-0.15, -0.1) is 0 Å². The average Bonchev–Trinajstić information content (AvgIpc) is 3.41. The second kappa shape index (κ2) is 11.0. The molecule has 0 bridgehead atoms. The molecule has 1 aliphatic heterocycles. The molecule has 3 aromatic rings. The highest BCUT2D eigenvalue weighted by Gasteiger charge is 2.38. The topological polar surface area (TPSA) is 173 Å². The maximum atomic E-state index is 13.7. The average molecular weight is 535 g/mol. The number of aromatic nitrogens is 4. The fourth-order valence-corrected chi connectivity index (χ4v) is 5.53. The molecule has 0 saturated carbocycles. The highest BCUT2D eigenvalue weighted by atomic mass is 31.2. The summed E-state index contributed by atoms with van der Waals surface area (Å²) in [7, 11) is -4.02. The number of H-pyrrole nitrogens is 1. The third-order valence-electron chi connectivity index (χ3n) is 5.63. The lowest BCUT2D eigenvalue weighted by Gasteiger charge is -2.24. The number of carbonyl (C=O) groups is 1. The van der Waals surface area contributed by atoms with Gasteiger partial charge in [0.1, 0.15) is 18.0 Å². The molecule has 13 nitrogen and oxygen atoms in total. The number of para-hydroxylation sites is 1. The predicted molar refractivity (Wildman–Crippen MR) is 135 cm³/mol. The summed E-state index contributed by atoms with van der Waals surface area (Å²) in [4.78, 5) is 35.2. The summed E-state index contributed by atoms with van der Waals surface area (Å²) in [6.07, 6.45) is 0.721. The second-order valence-corrected chi connectivity index (χ2v) is 10.9. The number of esters is 1. The predicted octanol–water partition coefficient (Wildman–Crippen LogP) is 2.76. The molecule has 1 aromatic carbocycles. The van der Waals surface area contributed by atoms with Crippen LogP contribution in [0.3, 0.4) is 0 Å². The van der Waals surface area contributed by atoms with Crippen LogP contribution < -0.4 is 20.9 Å². The van der Waals surface area contributed by atoms with Gasteiger partial charge in [-0.25, -0.2) is 9.55 Å². The second-order valence-electron chi connectivity index (χ2n) is 9.17. The zero-order chi connectivity index (χ0) is 26.7. The standard InChI is InChI=1S/C23H31N6O7P/c1-13(2)34-22(31)15(4)28-37(32,36-16-8-6-5-7-9-16)33-11-17-10-14(3)21(35-17)29-12-25-18-19(29)26-23(24)27-20(18)30/h5-9,12-15,17,21H,10-11H2,1-4H3,(H,28,32)(H3,24,26,27,30)/t14-,15-,17-,21?,37+/m0/s1. The normalized spacial score (nSPS) is 22.1. The Balaban J connectivity index is 1.48. The highest BCUT2D eigenvalue weighted by molar-refractivity contribution is 7.52. The molecule has 2 aromatic heterocycles. The number of fused-ring (bicyclic) bond motifs is 1. The molecule has 1 saturated heterocycles. The van der Waals surface area contributed by atoms with Gasteiger partial charge < -0.3 is 19.7 Å². The third-order valence-corrected chi connectivity index (χ3v) is 7.28. The zero-order valence-electron chi connectivity index (χ0n) is 21.0. The Morgan fingerprint density at radius 2 is 2.05 bits per heavy atom. The number of nitrogens with two attached hydrogens (primary N) is 1. The Morgan fingerprint density at radius 3 is 2.76 bits per heavy atom. The number of rotatable bonds is 10. The Kier molecular flexibility index (Phi) is 7.98. The summed E-state index contributed by atoms with van der Waals surface area (Å²) in [6, 6.07) is 7.54. The number of hydrogen-bond acceptors (Lipinski definition) is 10. The maximum Gasteiger partial charge on any atom is 0.459 e. The van der Waals surface area contributed by atoms with Gasteiger partial charge in [-0.2, -0.15) is 10.1 Å². The van der Waals surface area contributed by atoms with Gasteiger partial charge in [0.05, 0.1) is 25.1 Å². The molecule has 1 fully saturated rings. The van der Waals surface area contributed by atoms with Gasteiger partial charge in [0.25, 0.3) is 5.56 Å². The molecule has 200 valence electrons. The summed E-state index contributed by atoms with van der Waals surface area (Å²) in [5.41, 5.74) is 5.72. The van der Waals surface area contributed by atoms with Gasteiger partial charge in [0.2, 0.25) is 5.95 Å². The van der Waals surface area contributed by atoms with Crippen LogP contribution in [0.1, 0.15) is 40.3 Å². The molecule has 0 amide bonds. The number of nitrogen functional groups attached to an aromatic ring is 1. The van der Waals surface area contributed by atoms with Crippen molar-refractivity contribution in [1.82, 2.24) is 24.6 Å². The number of carbonyl (C=O) groups excluding carboxylic acids is 1. The number of ether oxygens (including phenoxy) is 2. The molecule has 0 aliphatic carbocycles. The van der Waals surface area contributed by atoms with Crippen molar-refractivity contribution in [3.8, 4) is 5.75 Å². The summed E-state index contributed by atoms with van der Waals surface area (Å²) < 4.78 is 38.1. The van der Waals surface area contributed by atoms with Crippen LogP contribution in [-0.4, -0.2) is 50.3 Å². The first kappa shape index (κ1) is 26.8. The Hall–Kier alpha value is -3.25. The lowest BCUT2D eigenvalue weighted by molar-refractivity contribution is -0.149. The first-order valence-corrected chi connectivity index (χ1v) is 13.4. The van der Waals surface area contributed by atoms with E-state index in [1.807, 2.05) is 6.92 Å². The molecule has 14 heteroatoms. The van der Waals surface area contributed by atoms with E-state index in [1.54, 1.807) is 48.7 Å². The molecule has 1 aliphatic rings. The van der Waals surface area contributed by atoms with Gasteiger partial charge >= 0.3 is 13.7 Å². The number of imidazole rings is 1. The van der Waals surface area contributed by atoms with Crippen LogP contribution in [0.4, 0.5) is 5.95 Å². The SMILES string of the molecule is CC(C)OC(=O)[C@H](C)N[P@@](=O)(OC[C@@H]1C[C@H](C)C(n2cnc3c(=O)[nH]c(N)nc32)O1)Oc1ccccc1.